The van der Waals surface area contributed by atoms with Crippen molar-refractivity contribution in [1.82, 2.24) is 4.72 Å². The van der Waals surface area contributed by atoms with E-state index in [-0.39, 0.29) is 10.6 Å². The summed E-state index contributed by atoms with van der Waals surface area (Å²) in [4.78, 5) is 0.118. The van der Waals surface area contributed by atoms with Crippen molar-refractivity contribution in [3.05, 3.63) is 18.2 Å². The van der Waals surface area contributed by atoms with Gasteiger partial charge in [0, 0.05) is 12.2 Å². The summed E-state index contributed by atoms with van der Waals surface area (Å²) >= 11 is 1.89. The molecular formula is C14H25N3O2S2. The summed E-state index contributed by atoms with van der Waals surface area (Å²) in [5.74, 6) is 1.23. The average Bonchev–Trinajstić information content (AvgIpc) is 2.46. The van der Waals surface area contributed by atoms with Gasteiger partial charge in [-0.2, -0.15) is 11.8 Å². The first-order chi connectivity index (χ1) is 10.0. The van der Waals surface area contributed by atoms with E-state index < -0.39 is 10.0 Å². The molecule has 0 bridgehead atoms. The number of nitrogens with one attached hydrogen (secondary N) is 2. The Labute approximate surface area is 132 Å². The number of rotatable bonds is 10. The zero-order valence-electron chi connectivity index (χ0n) is 12.7. The molecule has 0 fully saturated rings. The Bertz CT molecular complexity index is 533. The van der Waals surface area contributed by atoms with E-state index in [9.17, 15) is 8.42 Å². The van der Waals surface area contributed by atoms with E-state index in [0.29, 0.717) is 0 Å². The van der Waals surface area contributed by atoms with Crippen LogP contribution in [-0.4, -0.2) is 34.0 Å². The summed E-state index contributed by atoms with van der Waals surface area (Å²) < 4.78 is 25.7. The molecule has 120 valence electrons. The number of thioether (sulfide) groups is 1. The van der Waals surface area contributed by atoms with E-state index in [1.165, 1.54) is 38.1 Å². The molecule has 4 N–H and O–H groups in total. The van der Waals surface area contributed by atoms with Gasteiger partial charge in [-0.15, -0.1) is 0 Å². The number of sulfonamides is 1. The van der Waals surface area contributed by atoms with Gasteiger partial charge in [0.1, 0.15) is 4.90 Å². The molecule has 0 aliphatic carbocycles. The van der Waals surface area contributed by atoms with Crippen LogP contribution in [0.4, 0.5) is 11.4 Å². The van der Waals surface area contributed by atoms with Gasteiger partial charge >= 0.3 is 0 Å². The molecule has 1 rings (SSSR count). The number of nitrogens with two attached hydrogens (primary N) is 1. The third-order valence-corrected chi connectivity index (χ3v) is 5.36. The Balaban J connectivity index is 2.43. The molecule has 0 aliphatic heterocycles. The van der Waals surface area contributed by atoms with Gasteiger partial charge in [0.05, 0.1) is 5.69 Å². The van der Waals surface area contributed by atoms with E-state index >= 15 is 0 Å². The standard InChI is InChI=1S/C14H25N3O2S2/c1-16-21(18,19)14-8-7-12(11-13(14)15)17-9-5-3-4-6-10-20-2/h7-8,11,16-17H,3-6,9-10,15H2,1-2H3. The Morgan fingerprint density at radius 2 is 1.90 bits per heavy atom. The molecule has 0 spiro atoms. The van der Waals surface area contributed by atoms with Gasteiger partial charge in [-0.3, -0.25) is 0 Å². The van der Waals surface area contributed by atoms with E-state index in [4.69, 9.17) is 5.73 Å². The first-order valence-electron chi connectivity index (χ1n) is 7.07. The average molecular weight is 332 g/mol. The molecule has 1 aromatic rings. The summed E-state index contributed by atoms with van der Waals surface area (Å²) in [6.45, 7) is 0.872. The Morgan fingerprint density at radius 1 is 1.19 bits per heavy atom. The lowest BCUT2D eigenvalue weighted by Crippen LogP contribution is -2.20. The van der Waals surface area contributed by atoms with E-state index in [1.807, 2.05) is 11.8 Å². The molecule has 5 nitrogen and oxygen atoms in total. The fraction of sp³-hybridized carbons (Fsp3) is 0.571. The Hall–Kier alpha value is -0.920. The molecule has 0 saturated carbocycles. The van der Waals surface area contributed by atoms with Gasteiger partial charge < -0.3 is 11.1 Å². The van der Waals surface area contributed by atoms with Gasteiger partial charge in [0.25, 0.3) is 0 Å². The zero-order valence-corrected chi connectivity index (χ0v) is 14.3. The minimum absolute atomic E-state index is 0.118. The Kier molecular flexibility index (Phi) is 7.92. The molecule has 0 aliphatic rings. The van der Waals surface area contributed by atoms with E-state index in [1.54, 1.807) is 12.1 Å². The van der Waals surface area contributed by atoms with Crippen molar-refractivity contribution < 1.29 is 8.42 Å². The molecule has 0 unspecified atom stereocenters. The molecule has 0 atom stereocenters. The molecule has 0 amide bonds. The molecule has 1 aromatic carbocycles. The van der Waals surface area contributed by atoms with Gasteiger partial charge in [-0.25, -0.2) is 13.1 Å². The molecule has 0 radical (unpaired) electrons. The van der Waals surface area contributed by atoms with Crippen LogP contribution in [0.15, 0.2) is 23.1 Å². The summed E-state index contributed by atoms with van der Waals surface area (Å²) in [5, 5.41) is 3.27. The fourth-order valence-electron chi connectivity index (χ4n) is 1.97. The molecule has 21 heavy (non-hydrogen) atoms. The first kappa shape index (κ1) is 18.1. The van der Waals surface area contributed by atoms with E-state index in [2.05, 4.69) is 16.3 Å². The monoisotopic (exact) mass is 331 g/mol. The van der Waals surface area contributed by atoms with Crippen LogP contribution in [0.25, 0.3) is 0 Å². The van der Waals surface area contributed by atoms with Crippen molar-refractivity contribution >= 4 is 33.2 Å². The van der Waals surface area contributed by atoms with Crippen LogP contribution in [0.2, 0.25) is 0 Å². The minimum atomic E-state index is -3.49. The first-order valence-corrected chi connectivity index (χ1v) is 9.95. The van der Waals surface area contributed by atoms with Crippen LogP contribution in [-0.2, 0) is 10.0 Å². The van der Waals surface area contributed by atoms with Crippen molar-refractivity contribution in [2.75, 3.05) is 36.7 Å². The minimum Gasteiger partial charge on any atom is -0.398 e. The van der Waals surface area contributed by atoms with Gasteiger partial charge in [-0.05, 0) is 50.1 Å². The number of hydrogen-bond acceptors (Lipinski definition) is 5. The highest BCUT2D eigenvalue weighted by atomic mass is 32.2. The molecule has 0 aromatic heterocycles. The third-order valence-electron chi connectivity index (χ3n) is 3.17. The maximum Gasteiger partial charge on any atom is 0.242 e. The highest BCUT2D eigenvalue weighted by Gasteiger charge is 2.14. The topological polar surface area (TPSA) is 84.2 Å². The fourth-order valence-corrected chi connectivity index (χ4v) is 3.30. The molecule has 0 saturated heterocycles. The number of anilines is 2. The zero-order chi connectivity index (χ0) is 15.7. The smallest absolute Gasteiger partial charge is 0.242 e. The van der Waals surface area contributed by atoms with Crippen LogP contribution in [0.3, 0.4) is 0 Å². The van der Waals surface area contributed by atoms with Crippen LogP contribution in [0.1, 0.15) is 25.7 Å². The summed E-state index contributed by atoms with van der Waals surface area (Å²) in [6.07, 6.45) is 6.96. The van der Waals surface area contributed by atoms with Crippen molar-refractivity contribution in [2.45, 2.75) is 30.6 Å². The van der Waals surface area contributed by atoms with Crippen LogP contribution < -0.4 is 15.8 Å². The lowest BCUT2D eigenvalue weighted by atomic mass is 10.2. The quantitative estimate of drug-likeness (QED) is 0.453. The van der Waals surface area contributed by atoms with Gasteiger partial charge in [-0.1, -0.05) is 12.8 Å². The lowest BCUT2D eigenvalue weighted by molar-refractivity contribution is 0.588. The molecular weight excluding hydrogens is 306 g/mol. The van der Waals surface area contributed by atoms with Crippen LogP contribution >= 0.6 is 11.8 Å². The maximum atomic E-state index is 11.7. The lowest BCUT2D eigenvalue weighted by Gasteiger charge is -2.10. The summed E-state index contributed by atoms with van der Waals surface area (Å²) in [6, 6.07) is 4.94. The van der Waals surface area contributed by atoms with Crippen LogP contribution in [0.5, 0.6) is 0 Å². The number of benzene rings is 1. The molecule has 7 heteroatoms. The molecule has 0 heterocycles. The van der Waals surface area contributed by atoms with E-state index in [0.717, 1.165) is 18.7 Å². The van der Waals surface area contributed by atoms with Crippen molar-refractivity contribution in [2.24, 2.45) is 0 Å². The maximum absolute atomic E-state index is 11.7. The highest BCUT2D eigenvalue weighted by Crippen LogP contribution is 2.22. The predicted octanol–water partition coefficient (Wildman–Crippen LogP) is 2.51. The summed E-state index contributed by atoms with van der Waals surface area (Å²) in [5.41, 5.74) is 6.92. The van der Waals surface area contributed by atoms with Gasteiger partial charge in [0.15, 0.2) is 0 Å². The van der Waals surface area contributed by atoms with Crippen molar-refractivity contribution in [1.29, 1.82) is 0 Å². The van der Waals surface area contributed by atoms with Crippen LogP contribution in [0, 0.1) is 0 Å². The van der Waals surface area contributed by atoms with Crippen molar-refractivity contribution in [3.8, 4) is 0 Å². The largest absolute Gasteiger partial charge is 0.398 e. The highest BCUT2D eigenvalue weighted by molar-refractivity contribution is 7.98. The predicted molar refractivity (Wildman–Crippen MR) is 92.4 cm³/mol. The number of nitrogen functional groups attached to an aromatic ring is 1. The summed E-state index contributed by atoms with van der Waals surface area (Å²) in [7, 11) is -2.12. The van der Waals surface area contributed by atoms with Crippen molar-refractivity contribution in [3.63, 3.8) is 0 Å². The second kappa shape index (κ2) is 9.17. The number of unbranched alkanes of at least 4 members (excludes halogenated alkanes) is 3. The second-order valence-electron chi connectivity index (χ2n) is 4.79. The normalized spacial score (nSPS) is 11.5. The third kappa shape index (κ3) is 6.15. The second-order valence-corrected chi connectivity index (χ2v) is 7.63. The number of hydrogen-bond donors (Lipinski definition) is 3. The van der Waals surface area contributed by atoms with Gasteiger partial charge in [0.2, 0.25) is 10.0 Å². The Morgan fingerprint density at radius 3 is 2.52 bits per heavy atom. The SMILES string of the molecule is CNS(=O)(=O)c1ccc(NCCCCCCSC)cc1N.